The summed E-state index contributed by atoms with van der Waals surface area (Å²) in [6, 6.07) is 4.14. The third-order valence-corrected chi connectivity index (χ3v) is 5.77. The summed E-state index contributed by atoms with van der Waals surface area (Å²) in [5, 5.41) is 15.9. The predicted octanol–water partition coefficient (Wildman–Crippen LogP) is 2.18. The molecular weight excluding hydrogens is 348 g/mol. The van der Waals surface area contributed by atoms with Crippen LogP contribution in [-0.2, 0) is 0 Å². The predicted molar refractivity (Wildman–Crippen MR) is 106 cm³/mol. The van der Waals surface area contributed by atoms with E-state index in [0.717, 1.165) is 52.6 Å². The van der Waals surface area contributed by atoms with Gasteiger partial charge in [-0.2, -0.15) is 0 Å². The first-order valence-corrected chi connectivity index (χ1v) is 9.71. The van der Waals surface area contributed by atoms with Gasteiger partial charge in [0.1, 0.15) is 5.75 Å². The van der Waals surface area contributed by atoms with E-state index in [-0.39, 0.29) is 5.75 Å². The van der Waals surface area contributed by atoms with Crippen molar-refractivity contribution in [1.82, 2.24) is 25.6 Å². The molecule has 1 atom stereocenters. The van der Waals surface area contributed by atoms with E-state index in [1.807, 2.05) is 31.1 Å². The van der Waals surface area contributed by atoms with Crippen molar-refractivity contribution >= 4 is 33.2 Å². The van der Waals surface area contributed by atoms with Gasteiger partial charge in [0.2, 0.25) is 5.96 Å². The molecule has 8 heteroatoms. The number of nitrogens with one attached hydrogen (secondary N) is 2. The molecule has 0 unspecified atom stereocenters. The number of hydrazine groups is 1. The highest BCUT2D eigenvalue weighted by atomic mass is 32.1. The molecule has 0 bridgehead atoms. The van der Waals surface area contributed by atoms with E-state index in [9.17, 15) is 5.11 Å². The lowest BCUT2D eigenvalue weighted by Crippen LogP contribution is -2.51. The summed E-state index contributed by atoms with van der Waals surface area (Å²) < 4.78 is 0.803. The number of guanidine groups is 1. The summed E-state index contributed by atoms with van der Waals surface area (Å²) in [7, 11) is 4.08. The molecule has 138 valence electrons. The van der Waals surface area contributed by atoms with Gasteiger partial charge in [0, 0.05) is 24.9 Å². The standard InChI is InChI=1S/C18H24N6OS/c1-11-15(13-6-7-14-17(16(13)25)26-10-19-14)22-24(3)18(20-11)21-12-5-4-8-23(2)9-12/h6-7,10,12,22,25H,4-5,8-9H2,1-3H3,(H,20,21)/t12-/m1/s1. The molecule has 7 nitrogen and oxygen atoms in total. The Morgan fingerprint density at radius 1 is 1.35 bits per heavy atom. The number of aromatic hydroxyl groups is 1. The highest BCUT2D eigenvalue weighted by Crippen LogP contribution is 2.35. The Morgan fingerprint density at radius 3 is 3.00 bits per heavy atom. The van der Waals surface area contributed by atoms with Crippen LogP contribution in [0.4, 0.5) is 0 Å². The van der Waals surface area contributed by atoms with Gasteiger partial charge in [0.05, 0.1) is 27.5 Å². The maximum absolute atomic E-state index is 10.7. The normalized spacial score (nSPS) is 23.4. The number of phenolic OH excluding ortho intramolecular Hbond substituents is 1. The molecular formula is C18H24N6OS. The molecule has 2 aliphatic heterocycles. The second-order valence-electron chi connectivity index (χ2n) is 6.97. The second-order valence-corrected chi connectivity index (χ2v) is 7.82. The Labute approximate surface area is 157 Å². The largest absolute Gasteiger partial charge is 0.506 e. The van der Waals surface area contributed by atoms with Crippen LogP contribution in [0, 0.1) is 0 Å². The zero-order chi connectivity index (χ0) is 18.3. The lowest BCUT2D eigenvalue weighted by Gasteiger charge is -2.34. The van der Waals surface area contributed by atoms with Gasteiger partial charge in [-0.3, -0.25) is 10.4 Å². The van der Waals surface area contributed by atoms with Crippen molar-refractivity contribution < 1.29 is 5.11 Å². The molecule has 3 N–H and O–H groups in total. The monoisotopic (exact) mass is 372 g/mol. The fourth-order valence-corrected chi connectivity index (χ4v) is 4.27. The number of aliphatic imine (C=N–C) groups is 1. The molecule has 0 amide bonds. The Bertz CT molecular complexity index is 889. The number of allylic oxidation sites excluding steroid dienone is 1. The van der Waals surface area contributed by atoms with E-state index in [4.69, 9.17) is 4.99 Å². The molecule has 3 heterocycles. The van der Waals surface area contributed by atoms with Gasteiger partial charge in [-0.1, -0.05) is 0 Å². The third-order valence-electron chi connectivity index (χ3n) is 4.92. The number of hydrogen-bond donors (Lipinski definition) is 3. The Hall–Kier alpha value is -2.32. The van der Waals surface area contributed by atoms with Gasteiger partial charge in [-0.25, -0.2) is 9.98 Å². The molecule has 4 rings (SSSR count). The summed E-state index contributed by atoms with van der Waals surface area (Å²) in [6.45, 7) is 4.12. The van der Waals surface area contributed by atoms with Crippen molar-refractivity contribution in [2.75, 3.05) is 27.2 Å². The fourth-order valence-electron chi connectivity index (χ4n) is 3.53. The first-order valence-electron chi connectivity index (χ1n) is 8.83. The molecule has 0 radical (unpaired) electrons. The van der Waals surface area contributed by atoms with Crippen molar-refractivity contribution in [2.45, 2.75) is 25.8 Å². The molecule has 2 aromatic rings. The summed E-state index contributed by atoms with van der Waals surface area (Å²) in [5.41, 5.74) is 8.47. The molecule has 1 saturated heterocycles. The lowest BCUT2D eigenvalue weighted by atomic mass is 10.1. The van der Waals surface area contributed by atoms with Crippen LogP contribution in [0.25, 0.3) is 15.9 Å². The maximum Gasteiger partial charge on any atom is 0.217 e. The van der Waals surface area contributed by atoms with Crippen LogP contribution >= 0.6 is 11.3 Å². The fraction of sp³-hybridized carbons (Fsp3) is 0.444. The summed E-state index contributed by atoms with van der Waals surface area (Å²) in [6.07, 6.45) is 2.29. The van der Waals surface area contributed by atoms with Crippen LogP contribution in [0.15, 0.2) is 28.3 Å². The van der Waals surface area contributed by atoms with Crippen molar-refractivity contribution in [3.8, 4) is 5.75 Å². The minimum Gasteiger partial charge on any atom is -0.506 e. The minimum atomic E-state index is 0.261. The SMILES string of the molecule is CC1=C(c2ccc3ncsc3c2O)NN(C)C(=N[C@@H]2CCCN(C)C2)N1. The quantitative estimate of drug-likeness (QED) is 0.750. The Kier molecular flexibility index (Phi) is 4.46. The second kappa shape index (κ2) is 6.77. The number of benzene rings is 1. The minimum absolute atomic E-state index is 0.261. The number of nitrogens with zero attached hydrogens (tertiary/aromatic N) is 4. The van der Waals surface area contributed by atoms with E-state index >= 15 is 0 Å². The van der Waals surface area contributed by atoms with Gasteiger partial charge in [-0.15, -0.1) is 11.3 Å². The number of fused-ring (bicyclic) bond motifs is 1. The van der Waals surface area contributed by atoms with Gasteiger partial charge in [0.25, 0.3) is 0 Å². The third kappa shape index (κ3) is 3.10. The average molecular weight is 372 g/mol. The highest BCUT2D eigenvalue weighted by Gasteiger charge is 2.24. The van der Waals surface area contributed by atoms with Crippen LogP contribution in [-0.4, -0.2) is 59.2 Å². The Morgan fingerprint density at radius 2 is 2.19 bits per heavy atom. The Balaban J connectivity index is 1.63. The smallest absolute Gasteiger partial charge is 0.217 e. The van der Waals surface area contributed by atoms with Crippen LogP contribution in [0.1, 0.15) is 25.3 Å². The summed E-state index contributed by atoms with van der Waals surface area (Å²) in [4.78, 5) is 11.5. The van der Waals surface area contributed by atoms with Crippen LogP contribution in [0.2, 0.25) is 0 Å². The number of piperidine rings is 1. The van der Waals surface area contributed by atoms with Crippen LogP contribution < -0.4 is 10.7 Å². The van der Waals surface area contributed by atoms with Crippen molar-refractivity contribution in [2.24, 2.45) is 4.99 Å². The summed E-state index contributed by atoms with van der Waals surface area (Å²) in [5.74, 6) is 1.07. The van der Waals surface area contributed by atoms with Crippen molar-refractivity contribution in [3.05, 3.63) is 28.9 Å². The van der Waals surface area contributed by atoms with E-state index < -0.39 is 0 Å². The molecule has 1 fully saturated rings. The van der Waals surface area contributed by atoms with E-state index in [1.54, 1.807) is 5.51 Å². The zero-order valence-electron chi connectivity index (χ0n) is 15.3. The highest BCUT2D eigenvalue weighted by molar-refractivity contribution is 7.17. The number of hydrogen-bond acceptors (Lipinski definition) is 6. The number of likely N-dealkylation sites (tertiary alicyclic amines) is 1. The number of phenols is 1. The van der Waals surface area contributed by atoms with Crippen molar-refractivity contribution in [1.29, 1.82) is 0 Å². The first-order chi connectivity index (χ1) is 12.5. The molecule has 0 spiro atoms. The molecule has 0 saturated carbocycles. The lowest BCUT2D eigenvalue weighted by molar-refractivity contribution is 0.250. The molecule has 1 aromatic heterocycles. The number of likely N-dealkylation sites (N-methyl/N-ethyl adjacent to an activating group) is 1. The van der Waals surface area contributed by atoms with Gasteiger partial charge in [0.15, 0.2) is 0 Å². The molecule has 1 aromatic carbocycles. The van der Waals surface area contributed by atoms with Gasteiger partial charge >= 0.3 is 0 Å². The average Bonchev–Trinajstić information content (AvgIpc) is 3.08. The molecule has 0 aliphatic carbocycles. The van der Waals surface area contributed by atoms with Gasteiger partial charge < -0.3 is 15.3 Å². The van der Waals surface area contributed by atoms with Gasteiger partial charge in [-0.05, 0) is 45.5 Å². The number of rotatable bonds is 2. The molecule has 2 aliphatic rings. The first kappa shape index (κ1) is 17.1. The van der Waals surface area contributed by atoms with Crippen molar-refractivity contribution in [3.63, 3.8) is 0 Å². The molecule has 26 heavy (non-hydrogen) atoms. The summed E-state index contributed by atoms with van der Waals surface area (Å²) >= 11 is 1.44. The van der Waals surface area contributed by atoms with Crippen LogP contribution in [0.3, 0.4) is 0 Å². The number of aromatic nitrogens is 1. The van der Waals surface area contributed by atoms with Crippen LogP contribution in [0.5, 0.6) is 5.75 Å². The zero-order valence-corrected chi connectivity index (χ0v) is 16.1. The van der Waals surface area contributed by atoms with E-state index in [2.05, 4.69) is 27.7 Å². The maximum atomic E-state index is 10.7. The van der Waals surface area contributed by atoms with E-state index in [1.165, 1.54) is 17.8 Å². The number of thiazole rings is 1. The topological polar surface area (TPSA) is 76.0 Å². The van der Waals surface area contributed by atoms with E-state index in [0.29, 0.717) is 6.04 Å².